The molecule has 1 saturated heterocycles. The molecule has 2 spiro atoms. The summed E-state index contributed by atoms with van der Waals surface area (Å²) in [5.74, 6) is 3.16. The van der Waals surface area contributed by atoms with E-state index in [1.54, 1.807) is 0 Å². The molecule has 5 saturated carbocycles. The quantitative estimate of drug-likeness (QED) is 0.437. The van der Waals surface area contributed by atoms with Crippen LogP contribution in [0.4, 0.5) is 0 Å². The molecule has 0 bridgehead atoms. The number of hydrogen-bond acceptors (Lipinski definition) is 5. The molecule has 6 rings (SSSR count). The number of fused-ring (bicyclic) bond motifs is 4. The predicted octanol–water partition coefficient (Wildman–Crippen LogP) is 4.93. The van der Waals surface area contributed by atoms with Crippen LogP contribution in [0.3, 0.4) is 0 Å². The molecular weight excluding hydrogens is 440 g/mol. The Morgan fingerprint density at radius 3 is 2.11 bits per heavy atom. The molecule has 5 aliphatic carbocycles. The van der Waals surface area contributed by atoms with Gasteiger partial charge in [-0.1, -0.05) is 20.8 Å². The van der Waals surface area contributed by atoms with Crippen molar-refractivity contribution in [3.8, 4) is 0 Å². The Labute approximate surface area is 214 Å². The molecule has 10 atom stereocenters. The van der Waals surface area contributed by atoms with Gasteiger partial charge in [-0.25, -0.2) is 0 Å². The van der Waals surface area contributed by atoms with E-state index in [4.69, 9.17) is 14.9 Å². The van der Waals surface area contributed by atoms with Gasteiger partial charge in [-0.15, -0.1) is 0 Å². The Kier molecular flexibility index (Phi) is 7.33. The van der Waals surface area contributed by atoms with Gasteiger partial charge in [-0.2, -0.15) is 0 Å². The van der Waals surface area contributed by atoms with Crippen LogP contribution in [0.1, 0.15) is 105 Å². The maximum atomic E-state index is 10.8. The molecule has 1 aliphatic heterocycles. The Morgan fingerprint density at radius 1 is 0.800 bits per heavy atom. The number of hydrogen-bond donors (Lipinski definition) is 4. The van der Waals surface area contributed by atoms with Gasteiger partial charge < -0.3 is 25.2 Å². The zero-order valence-electron chi connectivity index (χ0n) is 23.5. The van der Waals surface area contributed by atoms with Crippen molar-refractivity contribution in [3.63, 3.8) is 0 Å². The SMILES string of the molecule is CC(C)(O)CC1CCC2C(CC3C4CCC5C(C)(C)[C@@H](O)CC[C@@]56CC46CC[C@]23C)O1.CO.CO. The molecule has 5 heteroatoms. The van der Waals surface area contributed by atoms with Crippen molar-refractivity contribution in [2.75, 3.05) is 14.2 Å². The summed E-state index contributed by atoms with van der Waals surface area (Å²) in [4.78, 5) is 0. The highest BCUT2D eigenvalue weighted by Gasteiger charge is 2.80. The minimum absolute atomic E-state index is 0.0879. The largest absolute Gasteiger partial charge is 0.400 e. The summed E-state index contributed by atoms with van der Waals surface area (Å²) in [5.41, 5.74) is 1.04. The van der Waals surface area contributed by atoms with Crippen LogP contribution >= 0.6 is 0 Å². The molecule has 35 heavy (non-hydrogen) atoms. The van der Waals surface area contributed by atoms with Crippen molar-refractivity contribution >= 4 is 0 Å². The molecule has 1 heterocycles. The van der Waals surface area contributed by atoms with Crippen LogP contribution in [0.15, 0.2) is 0 Å². The predicted molar refractivity (Wildman–Crippen MR) is 139 cm³/mol. The summed E-state index contributed by atoms with van der Waals surface area (Å²) in [6, 6.07) is 0. The van der Waals surface area contributed by atoms with Crippen molar-refractivity contribution in [2.45, 2.75) is 129 Å². The van der Waals surface area contributed by atoms with E-state index in [9.17, 15) is 10.2 Å². The second kappa shape index (κ2) is 9.22. The Balaban J connectivity index is 0.000000689. The van der Waals surface area contributed by atoms with Gasteiger partial charge >= 0.3 is 0 Å². The maximum absolute atomic E-state index is 10.8. The van der Waals surface area contributed by atoms with Crippen LogP contribution in [0.5, 0.6) is 0 Å². The van der Waals surface area contributed by atoms with Gasteiger partial charge in [-0.3, -0.25) is 0 Å². The van der Waals surface area contributed by atoms with E-state index in [2.05, 4.69) is 20.8 Å². The minimum atomic E-state index is -0.631. The van der Waals surface area contributed by atoms with Gasteiger partial charge in [0.2, 0.25) is 0 Å². The van der Waals surface area contributed by atoms with Gasteiger partial charge in [0.25, 0.3) is 0 Å². The van der Waals surface area contributed by atoms with Crippen LogP contribution in [0.2, 0.25) is 0 Å². The van der Waals surface area contributed by atoms with E-state index in [0.29, 0.717) is 22.3 Å². The molecule has 6 fully saturated rings. The number of rotatable bonds is 2. The van der Waals surface area contributed by atoms with Crippen molar-refractivity contribution in [2.24, 2.45) is 45.3 Å². The van der Waals surface area contributed by atoms with Crippen molar-refractivity contribution in [1.82, 2.24) is 0 Å². The topological polar surface area (TPSA) is 90.2 Å². The van der Waals surface area contributed by atoms with Gasteiger partial charge in [0.05, 0.1) is 23.9 Å². The summed E-state index contributed by atoms with van der Waals surface area (Å²) >= 11 is 0. The van der Waals surface area contributed by atoms with Crippen molar-refractivity contribution < 1.29 is 25.2 Å². The van der Waals surface area contributed by atoms with Gasteiger partial charge in [0, 0.05) is 20.6 Å². The van der Waals surface area contributed by atoms with Crippen LogP contribution in [0, 0.1) is 45.3 Å². The summed E-state index contributed by atoms with van der Waals surface area (Å²) in [5, 5.41) is 35.1. The summed E-state index contributed by atoms with van der Waals surface area (Å²) < 4.78 is 6.73. The molecule has 4 N–H and O–H groups in total. The third-order valence-electron chi connectivity index (χ3n) is 12.4. The van der Waals surface area contributed by atoms with Gasteiger partial charge in [-0.05, 0) is 123 Å². The first-order valence-electron chi connectivity index (χ1n) is 14.4. The summed E-state index contributed by atoms with van der Waals surface area (Å²) in [6.45, 7) is 11.2. The molecule has 0 radical (unpaired) electrons. The fourth-order valence-corrected chi connectivity index (χ4v) is 11.0. The standard InChI is InChI=1S/C28H46O3.2CH4O/c1-24(2,30)15-17-6-7-19-21(31-17)14-20-18-8-9-22-25(3,4)23(29)10-11-28(22)16-27(18,28)13-12-26(19,20)5;2*1-2/h17-23,29-30H,6-16H2,1-5H3;2*2H,1H3/t17?,18?,19?,20?,21?,22?,23-,26+,27?,28+;;/m0../s1. The fraction of sp³-hybridized carbons (Fsp3) is 1.00. The molecule has 204 valence electrons. The molecule has 0 amide bonds. The zero-order valence-corrected chi connectivity index (χ0v) is 23.5. The highest BCUT2D eigenvalue weighted by Crippen LogP contribution is 2.87. The van der Waals surface area contributed by atoms with Crippen LogP contribution in [-0.2, 0) is 4.74 Å². The molecular formula is C30H54O5. The Morgan fingerprint density at radius 2 is 1.46 bits per heavy atom. The monoisotopic (exact) mass is 494 g/mol. The molecule has 7 unspecified atom stereocenters. The molecule has 0 aromatic heterocycles. The van der Waals surface area contributed by atoms with E-state index in [-0.39, 0.29) is 17.6 Å². The number of aliphatic hydroxyl groups excluding tert-OH is 3. The van der Waals surface area contributed by atoms with Gasteiger partial charge in [0.15, 0.2) is 0 Å². The third-order valence-corrected chi connectivity index (χ3v) is 12.4. The van der Waals surface area contributed by atoms with Crippen molar-refractivity contribution in [1.29, 1.82) is 0 Å². The lowest BCUT2D eigenvalue weighted by atomic mass is 9.46. The molecule has 0 aromatic rings. The summed E-state index contributed by atoms with van der Waals surface area (Å²) in [7, 11) is 2.00. The summed E-state index contributed by atoms with van der Waals surface area (Å²) in [6.07, 6.45) is 14.3. The Hall–Kier alpha value is -0.200. The van der Waals surface area contributed by atoms with Crippen LogP contribution in [-0.4, -0.2) is 58.6 Å². The van der Waals surface area contributed by atoms with Gasteiger partial charge in [0.1, 0.15) is 0 Å². The minimum Gasteiger partial charge on any atom is -0.400 e. The molecule has 0 aromatic carbocycles. The first-order chi connectivity index (χ1) is 16.4. The average molecular weight is 495 g/mol. The molecule has 6 aliphatic rings. The van der Waals surface area contributed by atoms with E-state index >= 15 is 0 Å². The van der Waals surface area contributed by atoms with E-state index in [1.807, 2.05) is 13.8 Å². The van der Waals surface area contributed by atoms with E-state index in [0.717, 1.165) is 57.2 Å². The Bertz CT molecular complexity index is 760. The number of ether oxygens (including phenoxy) is 1. The van der Waals surface area contributed by atoms with E-state index < -0.39 is 5.60 Å². The maximum Gasteiger partial charge on any atom is 0.0616 e. The smallest absolute Gasteiger partial charge is 0.0616 e. The zero-order chi connectivity index (χ0) is 26.0. The second-order valence-electron chi connectivity index (χ2n) is 14.4. The molecule has 5 nitrogen and oxygen atoms in total. The normalized spacial score (nSPS) is 51.0. The van der Waals surface area contributed by atoms with Crippen LogP contribution < -0.4 is 0 Å². The number of aliphatic hydroxyl groups is 4. The lowest BCUT2D eigenvalue weighted by Gasteiger charge is -2.59. The fourth-order valence-electron chi connectivity index (χ4n) is 11.0. The highest BCUT2D eigenvalue weighted by molar-refractivity contribution is 5.29. The van der Waals surface area contributed by atoms with E-state index in [1.165, 1.54) is 51.4 Å². The lowest BCUT2D eigenvalue weighted by Crippen LogP contribution is -2.54. The lowest BCUT2D eigenvalue weighted by molar-refractivity contribution is -0.137. The first-order valence-corrected chi connectivity index (χ1v) is 14.4. The first kappa shape index (κ1) is 27.8. The second-order valence-corrected chi connectivity index (χ2v) is 14.4. The highest BCUT2D eigenvalue weighted by atomic mass is 16.5. The van der Waals surface area contributed by atoms with Crippen molar-refractivity contribution in [3.05, 3.63) is 0 Å². The third kappa shape index (κ3) is 3.97. The average Bonchev–Trinajstić information content (AvgIpc) is 3.39. The van der Waals surface area contributed by atoms with Crippen LogP contribution in [0.25, 0.3) is 0 Å².